The number of halogens is 1. The first-order valence-corrected chi connectivity index (χ1v) is 9.93. The summed E-state index contributed by atoms with van der Waals surface area (Å²) in [6, 6.07) is 11.3. The zero-order valence-corrected chi connectivity index (χ0v) is 16.9. The van der Waals surface area contributed by atoms with Gasteiger partial charge in [0, 0.05) is 47.0 Å². The van der Waals surface area contributed by atoms with E-state index in [0.29, 0.717) is 34.8 Å². The van der Waals surface area contributed by atoms with E-state index >= 15 is 0 Å². The molecule has 1 aliphatic carbocycles. The smallest absolute Gasteiger partial charge is 0.176 e. The molecule has 148 valence electrons. The summed E-state index contributed by atoms with van der Waals surface area (Å²) in [6.07, 6.45) is 5.77. The molecule has 4 aromatic rings. The van der Waals surface area contributed by atoms with Gasteiger partial charge in [0.15, 0.2) is 11.6 Å². The summed E-state index contributed by atoms with van der Waals surface area (Å²) in [5.74, 6) is -0.119. The SMILES string of the molecule is CC(=O)c1c(C2=CC=CCC2=O)c2cc(Cl)ccc2n1Cc1ccc2n[nH]nc2c1. The van der Waals surface area contributed by atoms with Gasteiger partial charge in [0.1, 0.15) is 11.0 Å². The number of aromatic nitrogens is 4. The molecule has 30 heavy (non-hydrogen) atoms. The molecule has 1 aliphatic rings. The predicted molar refractivity (Wildman–Crippen MR) is 117 cm³/mol. The van der Waals surface area contributed by atoms with Gasteiger partial charge in [0.05, 0.1) is 5.69 Å². The molecule has 6 nitrogen and oxygen atoms in total. The Morgan fingerprint density at radius 2 is 2.00 bits per heavy atom. The Bertz CT molecular complexity index is 1410. The summed E-state index contributed by atoms with van der Waals surface area (Å²) in [4.78, 5) is 25.5. The zero-order chi connectivity index (χ0) is 20.8. The van der Waals surface area contributed by atoms with Gasteiger partial charge >= 0.3 is 0 Å². The molecule has 2 aromatic heterocycles. The van der Waals surface area contributed by atoms with Crippen molar-refractivity contribution >= 4 is 50.7 Å². The van der Waals surface area contributed by atoms with Crippen LogP contribution < -0.4 is 0 Å². The van der Waals surface area contributed by atoms with E-state index in [-0.39, 0.29) is 11.6 Å². The molecule has 0 bridgehead atoms. The molecule has 0 radical (unpaired) electrons. The predicted octanol–water partition coefficient (Wildman–Crippen LogP) is 4.73. The van der Waals surface area contributed by atoms with Crippen LogP contribution in [0.15, 0.2) is 54.6 Å². The summed E-state index contributed by atoms with van der Waals surface area (Å²) in [6.45, 7) is 1.98. The first-order valence-electron chi connectivity index (χ1n) is 9.55. The topological polar surface area (TPSA) is 80.6 Å². The van der Waals surface area contributed by atoms with Crippen LogP contribution in [0.25, 0.3) is 27.5 Å². The maximum atomic E-state index is 12.8. The Hall–Kier alpha value is -3.51. The fourth-order valence-electron chi connectivity index (χ4n) is 4.06. The van der Waals surface area contributed by atoms with Crippen molar-refractivity contribution in [2.45, 2.75) is 19.9 Å². The van der Waals surface area contributed by atoms with Gasteiger partial charge in [-0.3, -0.25) is 9.59 Å². The average Bonchev–Trinajstić information content (AvgIpc) is 3.30. The number of hydrogen-bond acceptors (Lipinski definition) is 4. The van der Waals surface area contributed by atoms with Gasteiger partial charge in [0.2, 0.25) is 0 Å². The van der Waals surface area contributed by atoms with Crippen LogP contribution in [0.3, 0.4) is 0 Å². The number of allylic oxidation sites excluding steroid dienone is 4. The van der Waals surface area contributed by atoms with Gasteiger partial charge in [-0.25, -0.2) is 0 Å². The van der Waals surface area contributed by atoms with Crippen LogP contribution in [-0.2, 0) is 11.3 Å². The standard InChI is InChI=1S/C23H17ClN4O2/c1-13(29)23-22(16-4-2-3-5-21(16)30)17-11-15(24)7-9-20(17)28(23)12-14-6-8-18-19(10-14)26-27-25-18/h2-4,6-11H,5,12H2,1H3,(H,25,26,27). The number of aromatic amines is 1. The first kappa shape index (κ1) is 18.5. The van der Waals surface area contributed by atoms with Crippen molar-refractivity contribution in [1.82, 2.24) is 20.0 Å². The van der Waals surface area contributed by atoms with E-state index in [4.69, 9.17) is 11.6 Å². The minimum absolute atomic E-state index is 0.0111. The molecular weight excluding hydrogens is 400 g/mol. The third kappa shape index (κ3) is 2.97. The number of nitrogens with one attached hydrogen (secondary N) is 1. The molecule has 0 saturated carbocycles. The maximum absolute atomic E-state index is 12.8. The van der Waals surface area contributed by atoms with Crippen molar-refractivity contribution in [2.24, 2.45) is 0 Å². The van der Waals surface area contributed by atoms with Gasteiger partial charge in [0.25, 0.3) is 0 Å². The Morgan fingerprint density at radius 3 is 2.80 bits per heavy atom. The van der Waals surface area contributed by atoms with E-state index < -0.39 is 0 Å². The molecule has 0 atom stereocenters. The lowest BCUT2D eigenvalue weighted by atomic mass is 9.93. The number of fused-ring (bicyclic) bond motifs is 2. The number of nitrogens with zero attached hydrogens (tertiary/aromatic N) is 3. The van der Waals surface area contributed by atoms with E-state index in [1.54, 1.807) is 12.1 Å². The maximum Gasteiger partial charge on any atom is 0.176 e. The second-order valence-electron chi connectivity index (χ2n) is 7.31. The number of carbonyl (C=O) groups excluding carboxylic acids is 2. The molecule has 1 N–H and O–H groups in total. The van der Waals surface area contributed by atoms with Gasteiger partial charge in [-0.2, -0.15) is 15.4 Å². The minimum atomic E-state index is -0.108. The van der Waals surface area contributed by atoms with Crippen LogP contribution in [0.5, 0.6) is 0 Å². The second kappa shape index (κ2) is 7.07. The number of hydrogen-bond donors (Lipinski definition) is 1. The minimum Gasteiger partial charge on any atom is -0.333 e. The second-order valence-corrected chi connectivity index (χ2v) is 7.75. The van der Waals surface area contributed by atoms with Crippen LogP contribution in [0, 0.1) is 0 Å². The normalized spacial score (nSPS) is 13.9. The molecule has 0 aliphatic heterocycles. The summed E-state index contributed by atoms with van der Waals surface area (Å²) in [5.41, 5.74) is 5.05. The molecule has 0 unspecified atom stereocenters. The molecule has 0 saturated heterocycles. The molecule has 0 fully saturated rings. The number of Topliss-reactive ketones (excluding diaryl/α,β-unsaturated/α-hetero) is 2. The first-order chi connectivity index (χ1) is 14.5. The Kier molecular flexibility index (Phi) is 4.37. The zero-order valence-electron chi connectivity index (χ0n) is 16.1. The van der Waals surface area contributed by atoms with Gasteiger partial charge in [-0.05, 0) is 35.9 Å². The highest BCUT2D eigenvalue weighted by Crippen LogP contribution is 2.36. The molecule has 2 heterocycles. The monoisotopic (exact) mass is 416 g/mol. The lowest BCUT2D eigenvalue weighted by molar-refractivity contribution is -0.113. The fraction of sp³-hybridized carbons (Fsp3) is 0.130. The number of benzene rings is 2. The van der Waals surface area contributed by atoms with Crippen molar-refractivity contribution in [1.29, 1.82) is 0 Å². The number of ketones is 2. The summed E-state index contributed by atoms with van der Waals surface area (Å²) >= 11 is 6.29. The van der Waals surface area contributed by atoms with E-state index in [1.807, 2.05) is 47.1 Å². The lowest BCUT2D eigenvalue weighted by Gasteiger charge is -2.12. The molecular formula is C23H17ClN4O2. The molecule has 0 amide bonds. The lowest BCUT2D eigenvalue weighted by Crippen LogP contribution is -2.12. The average molecular weight is 417 g/mol. The molecule has 5 rings (SSSR count). The fourth-order valence-corrected chi connectivity index (χ4v) is 4.23. The van der Waals surface area contributed by atoms with Gasteiger partial charge in [-0.15, -0.1) is 0 Å². The van der Waals surface area contributed by atoms with E-state index in [9.17, 15) is 9.59 Å². The van der Waals surface area contributed by atoms with Gasteiger partial charge < -0.3 is 4.57 Å². The Morgan fingerprint density at radius 1 is 1.17 bits per heavy atom. The van der Waals surface area contributed by atoms with Crippen LogP contribution in [0.2, 0.25) is 5.02 Å². The van der Waals surface area contributed by atoms with Crippen molar-refractivity contribution in [2.75, 3.05) is 0 Å². The van der Waals surface area contributed by atoms with Crippen LogP contribution in [0.1, 0.15) is 35.0 Å². The highest BCUT2D eigenvalue weighted by atomic mass is 35.5. The summed E-state index contributed by atoms with van der Waals surface area (Å²) in [7, 11) is 0. The van der Waals surface area contributed by atoms with Crippen molar-refractivity contribution in [3.05, 3.63) is 76.5 Å². The Balaban J connectivity index is 1.77. The third-order valence-electron chi connectivity index (χ3n) is 5.35. The molecule has 7 heteroatoms. The van der Waals surface area contributed by atoms with Crippen molar-refractivity contribution < 1.29 is 9.59 Å². The number of rotatable bonds is 4. The van der Waals surface area contributed by atoms with Crippen molar-refractivity contribution in [3.8, 4) is 0 Å². The van der Waals surface area contributed by atoms with Crippen LogP contribution in [0.4, 0.5) is 0 Å². The van der Waals surface area contributed by atoms with Crippen LogP contribution >= 0.6 is 11.6 Å². The van der Waals surface area contributed by atoms with Gasteiger partial charge in [-0.1, -0.05) is 35.9 Å². The van der Waals surface area contributed by atoms with E-state index in [1.165, 1.54) is 6.92 Å². The van der Waals surface area contributed by atoms with Crippen LogP contribution in [-0.4, -0.2) is 31.5 Å². The highest BCUT2D eigenvalue weighted by Gasteiger charge is 2.26. The van der Waals surface area contributed by atoms with E-state index in [0.717, 1.165) is 27.5 Å². The third-order valence-corrected chi connectivity index (χ3v) is 5.59. The van der Waals surface area contributed by atoms with E-state index in [2.05, 4.69) is 15.4 Å². The van der Waals surface area contributed by atoms with Crippen molar-refractivity contribution in [3.63, 3.8) is 0 Å². The highest BCUT2D eigenvalue weighted by molar-refractivity contribution is 6.32. The summed E-state index contributed by atoms with van der Waals surface area (Å²) in [5, 5.41) is 12.2. The largest absolute Gasteiger partial charge is 0.333 e. The summed E-state index contributed by atoms with van der Waals surface area (Å²) < 4.78 is 1.96. The Labute approximate surface area is 176 Å². The number of carbonyl (C=O) groups is 2. The molecule has 0 spiro atoms. The number of H-pyrrole nitrogens is 1. The molecule has 2 aromatic carbocycles. The quantitative estimate of drug-likeness (QED) is 0.488.